The van der Waals surface area contributed by atoms with Gasteiger partial charge in [-0.25, -0.2) is 9.37 Å². The lowest BCUT2D eigenvalue weighted by Gasteiger charge is -2.31. The highest BCUT2D eigenvalue weighted by Crippen LogP contribution is 2.25. The van der Waals surface area contributed by atoms with Gasteiger partial charge in [0, 0.05) is 32.1 Å². The van der Waals surface area contributed by atoms with Crippen molar-refractivity contribution >= 4 is 34.0 Å². The average molecular weight is 406 g/mol. The first-order valence-corrected chi connectivity index (χ1v) is 9.99. The lowest BCUT2D eigenvalue weighted by atomic mass is 9.97. The van der Waals surface area contributed by atoms with Crippen LogP contribution in [0.3, 0.4) is 0 Å². The molecular formula is C19H23FN4O3S. The molecule has 1 aliphatic rings. The minimum Gasteiger partial charge on any atom is -0.383 e. The zero-order chi connectivity index (χ0) is 19.9. The Hall–Kier alpha value is -2.52. The summed E-state index contributed by atoms with van der Waals surface area (Å²) in [5.74, 6) is -0.893. The number of likely N-dealkylation sites (tertiary alicyclic amines) is 1. The number of methoxy groups -OCH3 is 1. The van der Waals surface area contributed by atoms with Crippen LogP contribution in [0.2, 0.25) is 0 Å². The Kier molecular flexibility index (Phi) is 6.94. The molecule has 28 heavy (non-hydrogen) atoms. The molecule has 2 aromatic rings. The predicted octanol–water partition coefficient (Wildman–Crippen LogP) is 2.64. The van der Waals surface area contributed by atoms with E-state index in [4.69, 9.17) is 4.74 Å². The maximum Gasteiger partial charge on any atom is 0.273 e. The molecule has 3 rings (SSSR count). The molecule has 2 N–H and O–H groups in total. The molecule has 1 aliphatic heterocycles. The Balaban J connectivity index is 1.60. The number of carbonyl (C=O) groups is 2. The number of halogens is 1. The molecule has 0 radical (unpaired) electrons. The Morgan fingerprint density at radius 1 is 1.39 bits per heavy atom. The molecule has 1 saturated heterocycles. The van der Waals surface area contributed by atoms with Crippen LogP contribution >= 0.6 is 11.3 Å². The molecule has 9 heteroatoms. The highest BCUT2D eigenvalue weighted by atomic mass is 32.1. The Morgan fingerprint density at radius 3 is 3.00 bits per heavy atom. The first-order chi connectivity index (χ1) is 13.6. The Morgan fingerprint density at radius 2 is 2.21 bits per heavy atom. The number of hydrogen-bond acceptors (Lipinski definition) is 6. The normalized spacial score (nSPS) is 16.6. The average Bonchev–Trinajstić information content (AvgIpc) is 3.18. The summed E-state index contributed by atoms with van der Waals surface area (Å²) in [4.78, 5) is 31.0. The van der Waals surface area contributed by atoms with Gasteiger partial charge in [-0.05, 0) is 25.0 Å². The molecule has 150 valence electrons. The third-order valence-electron chi connectivity index (χ3n) is 4.52. The summed E-state index contributed by atoms with van der Waals surface area (Å²) < 4.78 is 18.7. The highest BCUT2D eigenvalue weighted by molar-refractivity contribution is 7.14. The van der Waals surface area contributed by atoms with Crippen LogP contribution in [-0.2, 0) is 9.53 Å². The smallest absolute Gasteiger partial charge is 0.273 e. The van der Waals surface area contributed by atoms with Gasteiger partial charge in [-0.3, -0.25) is 9.59 Å². The number of amides is 2. The van der Waals surface area contributed by atoms with Gasteiger partial charge in [-0.15, -0.1) is 11.3 Å². The second-order valence-corrected chi connectivity index (χ2v) is 7.37. The summed E-state index contributed by atoms with van der Waals surface area (Å²) in [7, 11) is 1.58. The summed E-state index contributed by atoms with van der Waals surface area (Å²) in [6, 6.07) is 6.29. The van der Waals surface area contributed by atoms with Crippen molar-refractivity contribution in [3.63, 3.8) is 0 Å². The quantitative estimate of drug-likeness (QED) is 0.691. The van der Waals surface area contributed by atoms with Gasteiger partial charge in [0.1, 0.15) is 11.5 Å². The lowest BCUT2D eigenvalue weighted by Crippen LogP contribution is -2.46. The number of carbonyl (C=O) groups excluding carboxylic acids is 2. The predicted molar refractivity (Wildman–Crippen MR) is 105 cm³/mol. The summed E-state index contributed by atoms with van der Waals surface area (Å²) in [5, 5.41) is 7.81. The third-order valence-corrected chi connectivity index (χ3v) is 5.28. The van der Waals surface area contributed by atoms with Crippen LogP contribution in [0.4, 0.5) is 15.2 Å². The number of rotatable bonds is 7. The third kappa shape index (κ3) is 5.05. The fourth-order valence-electron chi connectivity index (χ4n) is 3.07. The molecule has 0 saturated carbocycles. The van der Waals surface area contributed by atoms with Crippen LogP contribution < -0.4 is 10.6 Å². The van der Waals surface area contributed by atoms with Gasteiger partial charge in [0.15, 0.2) is 5.13 Å². The van der Waals surface area contributed by atoms with Crippen LogP contribution in [0.1, 0.15) is 23.3 Å². The van der Waals surface area contributed by atoms with E-state index >= 15 is 0 Å². The topological polar surface area (TPSA) is 83.6 Å². The fourth-order valence-corrected chi connectivity index (χ4v) is 3.76. The van der Waals surface area contributed by atoms with Gasteiger partial charge in [0.05, 0.1) is 18.2 Å². The van der Waals surface area contributed by atoms with Crippen molar-refractivity contribution in [2.24, 2.45) is 5.92 Å². The fraction of sp³-hybridized carbons (Fsp3) is 0.421. The monoisotopic (exact) mass is 406 g/mol. The number of thiazole rings is 1. The standard InChI is InChI=1S/C19H23FN4O3S/c1-27-10-8-21-17(25)13-5-4-9-24(11-13)18(26)16-12-28-19(23-16)22-15-7-3-2-6-14(15)20/h2-3,6-7,12-13H,4-5,8-11H2,1H3,(H,21,25)(H,22,23). The molecule has 1 unspecified atom stereocenters. The number of benzene rings is 1. The van der Waals surface area contributed by atoms with Gasteiger partial charge >= 0.3 is 0 Å². The van der Waals surface area contributed by atoms with Gasteiger partial charge in [-0.2, -0.15) is 0 Å². The lowest BCUT2D eigenvalue weighted by molar-refractivity contribution is -0.126. The van der Waals surface area contributed by atoms with Crippen LogP contribution in [-0.4, -0.2) is 55.0 Å². The molecule has 7 nitrogen and oxygen atoms in total. The summed E-state index contributed by atoms with van der Waals surface area (Å²) in [5.41, 5.74) is 0.603. The van der Waals surface area contributed by atoms with E-state index in [-0.39, 0.29) is 23.5 Å². The minimum absolute atomic E-state index is 0.0604. The van der Waals surface area contributed by atoms with Gasteiger partial charge in [-0.1, -0.05) is 12.1 Å². The highest BCUT2D eigenvalue weighted by Gasteiger charge is 2.29. The number of para-hydroxylation sites is 1. The number of piperidine rings is 1. The number of hydrogen-bond donors (Lipinski definition) is 2. The van der Waals surface area contributed by atoms with Gasteiger partial charge < -0.3 is 20.3 Å². The molecule has 2 heterocycles. The van der Waals surface area contributed by atoms with E-state index < -0.39 is 0 Å². The maximum atomic E-state index is 13.8. The van der Waals surface area contributed by atoms with E-state index in [0.29, 0.717) is 42.8 Å². The number of anilines is 2. The van der Waals surface area contributed by atoms with Crippen molar-refractivity contribution in [1.29, 1.82) is 0 Å². The Labute approximate surface area is 166 Å². The van der Waals surface area contributed by atoms with Crippen molar-refractivity contribution in [2.45, 2.75) is 12.8 Å². The van der Waals surface area contributed by atoms with E-state index in [2.05, 4.69) is 15.6 Å². The van der Waals surface area contributed by atoms with Crippen molar-refractivity contribution in [2.75, 3.05) is 38.7 Å². The van der Waals surface area contributed by atoms with E-state index in [1.54, 1.807) is 35.6 Å². The summed E-state index contributed by atoms with van der Waals surface area (Å²) >= 11 is 1.24. The second kappa shape index (κ2) is 9.61. The zero-order valence-electron chi connectivity index (χ0n) is 15.6. The first-order valence-electron chi connectivity index (χ1n) is 9.11. The number of aromatic nitrogens is 1. The SMILES string of the molecule is COCCNC(=O)C1CCCN(C(=O)c2csc(Nc3ccccc3F)n2)C1. The van der Waals surface area contributed by atoms with Crippen LogP contribution in [0.15, 0.2) is 29.6 Å². The molecule has 1 atom stereocenters. The van der Waals surface area contributed by atoms with E-state index in [1.807, 2.05) is 0 Å². The van der Waals surface area contributed by atoms with Crippen molar-refractivity contribution in [1.82, 2.24) is 15.2 Å². The van der Waals surface area contributed by atoms with Gasteiger partial charge in [0.25, 0.3) is 5.91 Å². The molecule has 1 aromatic carbocycles. The first kappa shape index (κ1) is 20.2. The largest absolute Gasteiger partial charge is 0.383 e. The van der Waals surface area contributed by atoms with Crippen LogP contribution in [0.25, 0.3) is 0 Å². The number of nitrogens with one attached hydrogen (secondary N) is 2. The minimum atomic E-state index is -0.385. The summed E-state index contributed by atoms with van der Waals surface area (Å²) in [6.45, 7) is 1.87. The number of nitrogens with zero attached hydrogens (tertiary/aromatic N) is 2. The van der Waals surface area contributed by atoms with Crippen molar-refractivity contribution in [3.05, 3.63) is 41.2 Å². The number of ether oxygens (including phenoxy) is 1. The molecule has 2 amide bonds. The zero-order valence-corrected chi connectivity index (χ0v) is 16.4. The summed E-state index contributed by atoms with van der Waals surface area (Å²) in [6.07, 6.45) is 1.51. The van der Waals surface area contributed by atoms with Crippen molar-refractivity contribution < 1.29 is 18.7 Å². The van der Waals surface area contributed by atoms with Crippen LogP contribution in [0, 0.1) is 11.7 Å². The molecule has 0 spiro atoms. The molecule has 0 aliphatic carbocycles. The van der Waals surface area contributed by atoms with E-state index in [1.165, 1.54) is 17.4 Å². The molecule has 0 bridgehead atoms. The van der Waals surface area contributed by atoms with E-state index in [0.717, 1.165) is 12.8 Å². The molecular weight excluding hydrogens is 383 g/mol. The van der Waals surface area contributed by atoms with E-state index in [9.17, 15) is 14.0 Å². The Bertz CT molecular complexity index is 829. The van der Waals surface area contributed by atoms with Gasteiger partial charge in [0.2, 0.25) is 5.91 Å². The van der Waals surface area contributed by atoms with Crippen LogP contribution in [0.5, 0.6) is 0 Å². The second-order valence-electron chi connectivity index (χ2n) is 6.52. The molecule has 1 fully saturated rings. The maximum absolute atomic E-state index is 13.8. The van der Waals surface area contributed by atoms with Crippen molar-refractivity contribution in [3.8, 4) is 0 Å². The molecule has 1 aromatic heterocycles.